The summed E-state index contributed by atoms with van der Waals surface area (Å²) in [4.78, 5) is 38.8. The molecule has 3 amide bonds. The molecule has 2 aliphatic rings. The molecule has 0 unspecified atom stereocenters. The van der Waals surface area contributed by atoms with Gasteiger partial charge in [0.25, 0.3) is 11.8 Å². The zero-order valence-electron chi connectivity index (χ0n) is 14.9. The molecule has 0 fully saturated rings. The minimum absolute atomic E-state index is 0.296. The Hall–Kier alpha value is -3.73. The Bertz CT molecular complexity index is 1070. The molecule has 0 saturated carbocycles. The van der Waals surface area contributed by atoms with Crippen LogP contribution in [0.15, 0.2) is 72.8 Å². The van der Waals surface area contributed by atoms with E-state index in [-0.39, 0.29) is 18.5 Å². The van der Waals surface area contributed by atoms with E-state index in [1.807, 2.05) is 48.5 Å². The average Bonchev–Trinajstić information content (AvgIpc) is 3.17. The Morgan fingerprint density at radius 3 is 1.64 bits per heavy atom. The highest BCUT2D eigenvalue weighted by Gasteiger charge is 2.37. The summed E-state index contributed by atoms with van der Waals surface area (Å²) in [5, 5.41) is 3.00. The van der Waals surface area contributed by atoms with E-state index in [0.29, 0.717) is 11.1 Å². The molecule has 136 valence electrons. The number of benzene rings is 3. The summed E-state index contributed by atoms with van der Waals surface area (Å²) in [5.74, 6) is -1.23. The van der Waals surface area contributed by atoms with Crippen molar-refractivity contribution in [3.63, 3.8) is 0 Å². The number of carbonyl (C=O) groups excluding carboxylic acids is 3. The van der Waals surface area contributed by atoms with Crippen molar-refractivity contribution in [1.82, 2.24) is 10.2 Å². The summed E-state index contributed by atoms with van der Waals surface area (Å²) in [6, 6.07) is 22.2. The SMILES string of the molecule is O=C(CN1C(=O)c2ccccc2C1=O)NC1c2ccccc2-c2ccccc21. The van der Waals surface area contributed by atoms with Crippen molar-refractivity contribution in [2.45, 2.75) is 6.04 Å². The lowest BCUT2D eigenvalue weighted by Crippen LogP contribution is -2.41. The van der Waals surface area contributed by atoms with Gasteiger partial charge in [0.05, 0.1) is 17.2 Å². The summed E-state index contributed by atoms with van der Waals surface area (Å²) in [6.07, 6.45) is 0. The monoisotopic (exact) mass is 368 g/mol. The number of hydrogen-bond donors (Lipinski definition) is 1. The number of rotatable bonds is 3. The number of nitrogens with one attached hydrogen (secondary N) is 1. The largest absolute Gasteiger partial charge is 0.344 e. The molecule has 1 heterocycles. The smallest absolute Gasteiger partial charge is 0.262 e. The van der Waals surface area contributed by atoms with Gasteiger partial charge in [0.1, 0.15) is 6.54 Å². The van der Waals surface area contributed by atoms with Crippen LogP contribution in [0.4, 0.5) is 0 Å². The van der Waals surface area contributed by atoms with Gasteiger partial charge in [-0.25, -0.2) is 0 Å². The standard InChI is InChI=1S/C23H16N2O3/c26-20(13-25-22(27)18-11-5-6-12-19(18)23(25)28)24-21-16-9-3-1-7-14(16)15-8-2-4-10-17(15)21/h1-12,21H,13H2,(H,24,26). The number of amides is 3. The van der Waals surface area contributed by atoms with E-state index in [4.69, 9.17) is 0 Å². The van der Waals surface area contributed by atoms with Crippen molar-refractivity contribution in [2.24, 2.45) is 0 Å². The highest BCUT2D eigenvalue weighted by Crippen LogP contribution is 2.42. The predicted octanol–water partition coefficient (Wildman–Crippen LogP) is 3.17. The Balaban J connectivity index is 1.40. The summed E-state index contributed by atoms with van der Waals surface area (Å²) >= 11 is 0. The number of hydrogen-bond acceptors (Lipinski definition) is 3. The first kappa shape index (κ1) is 16.4. The van der Waals surface area contributed by atoms with Gasteiger partial charge in [0.15, 0.2) is 0 Å². The first-order chi connectivity index (χ1) is 13.6. The highest BCUT2D eigenvalue weighted by atomic mass is 16.2. The minimum atomic E-state index is -0.428. The fourth-order valence-corrected chi connectivity index (χ4v) is 4.04. The van der Waals surface area contributed by atoms with Gasteiger partial charge < -0.3 is 5.32 Å². The van der Waals surface area contributed by atoms with Crippen molar-refractivity contribution in [3.8, 4) is 11.1 Å². The lowest BCUT2D eigenvalue weighted by atomic mass is 10.1. The second-order valence-electron chi connectivity index (χ2n) is 6.92. The van der Waals surface area contributed by atoms with E-state index in [1.165, 1.54) is 0 Å². The third-order valence-corrected chi connectivity index (χ3v) is 5.32. The van der Waals surface area contributed by atoms with Crippen LogP contribution in [0, 0.1) is 0 Å². The summed E-state index contributed by atoms with van der Waals surface area (Å²) < 4.78 is 0. The average molecular weight is 368 g/mol. The van der Waals surface area contributed by atoms with Gasteiger partial charge >= 0.3 is 0 Å². The first-order valence-corrected chi connectivity index (χ1v) is 9.08. The van der Waals surface area contributed by atoms with Gasteiger partial charge in [-0.2, -0.15) is 0 Å². The van der Waals surface area contributed by atoms with Crippen molar-refractivity contribution < 1.29 is 14.4 Å². The van der Waals surface area contributed by atoms with Gasteiger partial charge in [-0.1, -0.05) is 60.7 Å². The number of fused-ring (bicyclic) bond motifs is 4. The molecular formula is C23H16N2O3. The third-order valence-electron chi connectivity index (χ3n) is 5.32. The van der Waals surface area contributed by atoms with Crippen LogP contribution < -0.4 is 5.32 Å². The van der Waals surface area contributed by atoms with Crippen LogP contribution in [-0.4, -0.2) is 29.2 Å². The van der Waals surface area contributed by atoms with Crippen molar-refractivity contribution in [3.05, 3.63) is 95.1 Å². The first-order valence-electron chi connectivity index (χ1n) is 9.08. The molecular weight excluding hydrogens is 352 g/mol. The second-order valence-corrected chi connectivity index (χ2v) is 6.92. The molecule has 28 heavy (non-hydrogen) atoms. The van der Waals surface area contributed by atoms with Crippen LogP contribution in [0.2, 0.25) is 0 Å². The molecule has 1 aliphatic carbocycles. The third kappa shape index (κ3) is 2.36. The van der Waals surface area contributed by atoms with Crippen LogP contribution in [0.25, 0.3) is 11.1 Å². The van der Waals surface area contributed by atoms with Gasteiger partial charge in [-0.3, -0.25) is 19.3 Å². The molecule has 0 radical (unpaired) electrons. The molecule has 1 aliphatic heterocycles. The van der Waals surface area contributed by atoms with Gasteiger partial charge in [-0.05, 0) is 34.4 Å². The topological polar surface area (TPSA) is 66.5 Å². The van der Waals surface area contributed by atoms with Gasteiger partial charge in [0, 0.05) is 0 Å². The lowest BCUT2D eigenvalue weighted by molar-refractivity contribution is -0.121. The second kappa shape index (κ2) is 6.16. The van der Waals surface area contributed by atoms with Crippen LogP contribution in [-0.2, 0) is 4.79 Å². The molecule has 0 bridgehead atoms. The van der Waals surface area contributed by atoms with Crippen LogP contribution >= 0.6 is 0 Å². The number of carbonyl (C=O) groups is 3. The number of imide groups is 1. The van der Waals surface area contributed by atoms with E-state index in [1.54, 1.807) is 24.3 Å². The molecule has 1 N–H and O–H groups in total. The van der Waals surface area contributed by atoms with E-state index in [2.05, 4.69) is 5.32 Å². The molecule has 0 aromatic heterocycles. The maximum absolute atomic E-state index is 12.8. The fraction of sp³-hybridized carbons (Fsp3) is 0.0870. The zero-order valence-corrected chi connectivity index (χ0v) is 14.9. The van der Waals surface area contributed by atoms with Crippen molar-refractivity contribution in [2.75, 3.05) is 6.54 Å². The molecule has 5 rings (SSSR count). The summed E-state index contributed by atoms with van der Waals surface area (Å²) in [5.41, 5.74) is 4.89. The molecule has 5 nitrogen and oxygen atoms in total. The van der Waals surface area contributed by atoms with Crippen molar-refractivity contribution >= 4 is 17.7 Å². The van der Waals surface area contributed by atoms with E-state index in [9.17, 15) is 14.4 Å². The quantitative estimate of drug-likeness (QED) is 0.722. The van der Waals surface area contributed by atoms with Gasteiger partial charge in [-0.15, -0.1) is 0 Å². The van der Waals surface area contributed by atoms with Gasteiger partial charge in [0.2, 0.25) is 5.91 Å². The lowest BCUT2D eigenvalue weighted by Gasteiger charge is -2.19. The predicted molar refractivity (Wildman–Crippen MR) is 104 cm³/mol. The Morgan fingerprint density at radius 2 is 1.14 bits per heavy atom. The minimum Gasteiger partial charge on any atom is -0.344 e. The van der Waals surface area contributed by atoms with Crippen molar-refractivity contribution in [1.29, 1.82) is 0 Å². The molecule has 3 aromatic rings. The Morgan fingerprint density at radius 1 is 0.714 bits per heavy atom. The normalized spacial score (nSPS) is 14.6. The maximum atomic E-state index is 12.8. The Kier molecular flexibility index (Phi) is 3.62. The van der Waals surface area contributed by atoms with Crippen LogP contribution in [0.3, 0.4) is 0 Å². The van der Waals surface area contributed by atoms with Crippen LogP contribution in [0.5, 0.6) is 0 Å². The number of nitrogens with zero attached hydrogens (tertiary/aromatic N) is 1. The molecule has 3 aromatic carbocycles. The summed E-state index contributed by atoms with van der Waals surface area (Å²) in [7, 11) is 0. The van der Waals surface area contributed by atoms with E-state index in [0.717, 1.165) is 27.2 Å². The highest BCUT2D eigenvalue weighted by molar-refractivity contribution is 6.22. The molecule has 0 spiro atoms. The Labute approximate surface area is 161 Å². The summed E-state index contributed by atoms with van der Waals surface area (Å²) in [6.45, 7) is -0.298. The zero-order chi connectivity index (χ0) is 19.3. The van der Waals surface area contributed by atoms with E-state index < -0.39 is 11.8 Å². The fourth-order valence-electron chi connectivity index (χ4n) is 4.04. The molecule has 0 atom stereocenters. The maximum Gasteiger partial charge on any atom is 0.262 e. The van der Waals surface area contributed by atoms with E-state index >= 15 is 0 Å². The molecule has 5 heteroatoms. The van der Waals surface area contributed by atoms with Crippen LogP contribution in [0.1, 0.15) is 37.9 Å². The molecule has 0 saturated heterocycles.